The molecule has 692 valence electrons. The molecule has 8 rings (SSSR count). The lowest BCUT2D eigenvalue weighted by atomic mass is 10.0. The minimum atomic E-state index is -1.90. The van der Waals surface area contributed by atoms with Gasteiger partial charge in [-0.05, 0) is 113 Å². The maximum absolute atomic E-state index is 15.2. The van der Waals surface area contributed by atoms with Gasteiger partial charge in [0.2, 0.25) is 100 Å². The molecule has 0 aliphatic carbocycles. The first kappa shape index (κ1) is 100. The fourth-order valence-electron chi connectivity index (χ4n) is 15.4. The van der Waals surface area contributed by atoms with Gasteiger partial charge in [-0.25, -0.2) is 0 Å². The van der Waals surface area contributed by atoms with Gasteiger partial charge < -0.3 is 130 Å². The Bertz CT molecular complexity index is 4760. The predicted molar refractivity (Wildman–Crippen MR) is 461 cm³/mol. The topological polar surface area (TPSA) is 637 Å². The second-order valence-corrected chi connectivity index (χ2v) is 32.9. The first-order valence-corrected chi connectivity index (χ1v) is 43.3. The minimum Gasteiger partial charge on any atom is -0.508 e. The van der Waals surface area contributed by atoms with Gasteiger partial charge in [0, 0.05) is 113 Å². The molecule has 3 aromatic carbocycles. The zero-order valence-electron chi connectivity index (χ0n) is 71.8. The Balaban J connectivity index is 1.16. The number of likely N-dealkylation sites (N-methyl/N-ethyl adjacent to an activating group) is 3. The van der Waals surface area contributed by atoms with Crippen LogP contribution in [0.25, 0.3) is 21.8 Å². The Labute approximate surface area is 736 Å². The average molecular weight is 1790 g/mol. The summed E-state index contributed by atoms with van der Waals surface area (Å²) in [6.45, 7) is 0.520. The third kappa shape index (κ3) is 27.4. The third-order valence-electron chi connectivity index (χ3n) is 22.8. The van der Waals surface area contributed by atoms with Crippen LogP contribution in [0, 0.1) is 0 Å². The predicted octanol–water partition coefficient (Wildman–Crippen LogP) is -5.48. The van der Waals surface area contributed by atoms with Crippen molar-refractivity contribution in [3.63, 3.8) is 0 Å². The first-order chi connectivity index (χ1) is 60.5. The largest absolute Gasteiger partial charge is 0.508 e. The summed E-state index contributed by atoms with van der Waals surface area (Å²) < 4.78 is 0. The highest BCUT2D eigenvalue weighted by molar-refractivity contribution is 8.00. The summed E-state index contributed by atoms with van der Waals surface area (Å²) in [5, 5.41) is 80.0. The number of nitrogens with two attached hydrogens (primary N) is 3. The molecule has 42 nitrogen and oxygen atoms in total. The van der Waals surface area contributed by atoms with E-state index >= 15 is 19.2 Å². The van der Waals surface area contributed by atoms with E-state index in [1.807, 2.05) is 0 Å². The fraction of sp³-hybridized carbons (Fsp3) is 0.536. The van der Waals surface area contributed by atoms with Crippen LogP contribution in [0.4, 0.5) is 0 Å². The van der Waals surface area contributed by atoms with Crippen molar-refractivity contribution in [3.05, 3.63) is 102 Å². The van der Waals surface area contributed by atoms with Gasteiger partial charge in [-0.3, -0.25) is 81.5 Å². The summed E-state index contributed by atoms with van der Waals surface area (Å²) in [6, 6.07) is -2.82. The fourth-order valence-corrected chi connectivity index (χ4v) is 16.3. The van der Waals surface area contributed by atoms with Crippen molar-refractivity contribution in [2.24, 2.45) is 17.2 Å². The summed E-state index contributed by atoms with van der Waals surface area (Å²) in [7, 11) is 3.78. The van der Waals surface area contributed by atoms with Crippen molar-refractivity contribution in [3.8, 4) is 5.75 Å². The van der Waals surface area contributed by atoms with E-state index in [2.05, 4.69) is 63.1 Å². The molecule has 0 bridgehead atoms. The van der Waals surface area contributed by atoms with E-state index in [0.29, 0.717) is 51.3 Å². The summed E-state index contributed by atoms with van der Waals surface area (Å²) in [5.41, 5.74) is 19.6. The number of hydrogen-bond donors (Lipinski definition) is 20. The van der Waals surface area contributed by atoms with Crippen LogP contribution in [0.1, 0.15) is 115 Å². The number of rotatable bonds is 23. The van der Waals surface area contributed by atoms with Gasteiger partial charge in [-0.1, -0.05) is 68.3 Å². The Morgan fingerprint density at radius 2 is 1.03 bits per heavy atom. The molecule has 3 fully saturated rings. The molecule has 3 aliphatic rings. The number of thioether (sulfide) groups is 1. The first-order valence-electron chi connectivity index (χ1n) is 42.2. The number of nitrogens with zero attached hydrogens (tertiary/aromatic N) is 5. The molecule has 5 heterocycles. The van der Waals surface area contributed by atoms with Crippen LogP contribution in [-0.2, 0) is 101 Å². The number of primary amides is 2. The van der Waals surface area contributed by atoms with Crippen molar-refractivity contribution < 1.29 is 107 Å². The van der Waals surface area contributed by atoms with Crippen molar-refractivity contribution in [1.29, 1.82) is 0 Å². The van der Waals surface area contributed by atoms with Gasteiger partial charge in [0.05, 0.1) is 31.4 Å². The standard InChI is InChI=1S/C84H118N20O22S/c1-7-8-21-65-77(119)97-62(37-68(86)110)84(126)103-30-15-22-66(103)78(120)98-63(42-107)76(118)94-58(28-32-106)83(125)104-41-51(109)36-67(104)79(121)95-59(34-48-38-88-54-18-11-9-16-52(48)54)75(117)93-57(27-31-105)74(116)96-61(35-49-39-89-55-19-12-10-17-53(49)55)81(123)101(5)46(3)80(122)100(4)45(2)71(113)92-56(20-13-14-29-85)73(115)99-64(72(114)90-40-69(87)111)43-127-44-70(112)91-60(82(124)102(65)6)33-47-23-25-50(108)26-24-47/h9-12,16-19,23-26,38-39,45-46,51,56-67,88-89,105-109H,7-8,13-15,20-22,27-37,40-44,85H2,1-6H3,(H2,86,110)(H2,87,111)(H,90,114)(H,91,112)(H,92,113)(H,93,117)(H,94,118)(H,95,121)(H,96,116)(H,97,119)(H,98,120)(H,99,115)/t45-,46-,51+,56-,57-,58-,59-,60-,61-,62+,63-,64-,65-,66-,67-/m0/s1. The highest BCUT2D eigenvalue weighted by atomic mass is 32.2. The molecule has 3 aliphatic heterocycles. The maximum atomic E-state index is 15.2. The molecular formula is C84H118N20O22S. The highest BCUT2D eigenvalue weighted by Gasteiger charge is 2.46. The molecule has 0 unspecified atom stereocenters. The van der Waals surface area contributed by atoms with Crippen molar-refractivity contribution in [2.45, 2.75) is 208 Å². The van der Waals surface area contributed by atoms with E-state index in [4.69, 9.17) is 17.2 Å². The second-order valence-electron chi connectivity index (χ2n) is 31.9. The number of aromatic hydroxyl groups is 1. The van der Waals surface area contributed by atoms with Crippen LogP contribution >= 0.6 is 11.8 Å². The molecule has 43 heteroatoms. The van der Waals surface area contributed by atoms with E-state index in [-0.39, 0.29) is 76.6 Å². The zero-order chi connectivity index (χ0) is 93.0. The number of para-hydroxylation sites is 2. The van der Waals surface area contributed by atoms with Crippen molar-refractivity contribution >= 4 is 134 Å². The van der Waals surface area contributed by atoms with Crippen LogP contribution < -0.4 is 70.4 Å². The number of aromatic nitrogens is 2. The van der Waals surface area contributed by atoms with Crippen LogP contribution in [0.2, 0.25) is 0 Å². The summed E-state index contributed by atoms with van der Waals surface area (Å²) >= 11 is 0.772. The van der Waals surface area contributed by atoms with Crippen molar-refractivity contribution in [1.82, 2.24) is 87.6 Å². The minimum absolute atomic E-state index is 0.0739. The Kier molecular flexibility index (Phi) is 37.7. The molecule has 0 saturated carbocycles. The molecule has 3 saturated heterocycles. The average Bonchev–Trinajstić information content (AvgIpc) is 1.72. The number of H-pyrrole nitrogens is 2. The molecule has 0 spiro atoms. The number of unbranched alkanes of at least 4 members (excludes halogenated alkanes) is 2. The molecule has 23 N–H and O–H groups in total. The zero-order valence-corrected chi connectivity index (χ0v) is 72.6. The molecule has 17 amide bonds. The van der Waals surface area contributed by atoms with Crippen LogP contribution in [0.5, 0.6) is 5.75 Å². The van der Waals surface area contributed by atoms with E-state index in [1.54, 1.807) is 67.8 Å². The van der Waals surface area contributed by atoms with E-state index in [0.717, 1.165) is 36.3 Å². The Morgan fingerprint density at radius 1 is 0.512 bits per heavy atom. The summed E-state index contributed by atoms with van der Waals surface area (Å²) in [4.78, 5) is 257. The molecule has 2 aromatic heterocycles. The number of carbonyl (C=O) groups excluding carboxylic acids is 17. The van der Waals surface area contributed by atoms with E-state index < -0.39 is 261 Å². The van der Waals surface area contributed by atoms with Crippen molar-refractivity contribution in [2.75, 3.05) is 78.6 Å². The van der Waals surface area contributed by atoms with Gasteiger partial charge in [0.15, 0.2) is 0 Å². The maximum Gasteiger partial charge on any atom is 0.246 e. The third-order valence-corrected chi connectivity index (χ3v) is 23.8. The number of nitrogens with one attached hydrogen (secondary N) is 12. The van der Waals surface area contributed by atoms with Crippen LogP contribution in [-0.4, -0.2) is 330 Å². The monoisotopic (exact) mass is 1790 g/mol. The normalized spacial score (nSPS) is 25.6. The molecular weight excluding hydrogens is 1670 g/mol. The number of phenolic OH excluding ortho intramolecular Hbond substituents is 1. The SMILES string of the molecule is CCCC[C@H]1C(=O)N[C@H](CC(N)=O)C(=O)N2CCC[C@H]2C(=O)N[C@@H](CO)C(=O)N[C@@H](CCO)C(=O)N2C[C@H](O)C[C@H]2C(=O)N[C@@H](Cc2c[nH]c3ccccc23)C(=O)N[C@@H](CCO)C(=O)N[C@@H](Cc2c[nH]c3ccccc23)C(=O)N(C)[C@@H](C)C(=O)N(C)[C@@H](C)C(=O)N[C@@H](CCCCN)C(=O)N[C@H](C(=O)NCC(N)=O)CSCC(=O)N[C@@H](Cc2ccc(O)cc2)C(=O)N1C. The van der Waals surface area contributed by atoms with Gasteiger partial charge in [0.1, 0.15) is 90.3 Å². The lowest BCUT2D eigenvalue weighted by Gasteiger charge is -2.34. The highest BCUT2D eigenvalue weighted by Crippen LogP contribution is 2.27. The number of amides is 17. The summed E-state index contributed by atoms with van der Waals surface area (Å²) in [5.74, 6) is -17.8. The summed E-state index contributed by atoms with van der Waals surface area (Å²) in [6.07, 6.45) is -0.259. The van der Waals surface area contributed by atoms with Gasteiger partial charge in [-0.2, -0.15) is 0 Å². The number of phenols is 1. The lowest BCUT2D eigenvalue weighted by molar-refractivity contribution is -0.148. The van der Waals surface area contributed by atoms with E-state index in [9.17, 15) is 87.9 Å². The van der Waals surface area contributed by atoms with Crippen LogP contribution in [0.15, 0.2) is 85.2 Å². The quantitative estimate of drug-likeness (QED) is 0.0271. The lowest BCUT2D eigenvalue weighted by Crippen LogP contribution is -2.61. The Morgan fingerprint density at radius 3 is 1.65 bits per heavy atom. The van der Waals surface area contributed by atoms with Crippen LogP contribution in [0.3, 0.4) is 0 Å². The van der Waals surface area contributed by atoms with E-state index in [1.165, 1.54) is 59.3 Å². The molecule has 5 aromatic rings. The Hall–Kier alpha value is -12.3. The molecule has 127 heavy (non-hydrogen) atoms. The number of carbonyl (C=O) groups is 17. The number of aromatic amines is 2. The number of hydrogen-bond acceptors (Lipinski definition) is 24. The number of aliphatic hydroxyl groups is 4. The van der Waals surface area contributed by atoms with Gasteiger partial charge >= 0.3 is 0 Å². The molecule has 0 radical (unpaired) electrons. The number of fused-ring (bicyclic) bond motifs is 4. The van der Waals surface area contributed by atoms with Gasteiger partial charge in [-0.15, -0.1) is 11.8 Å². The molecule has 15 atom stereocenters. The number of benzene rings is 3. The second kappa shape index (κ2) is 47.8. The smallest absolute Gasteiger partial charge is 0.246 e. The van der Waals surface area contributed by atoms with Gasteiger partial charge in [0.25, 0.3) is 0 Å². The number of aliphatic hydroxyl groups excluding tert-OH is 4.